The molecule has 100 valence electrons. The van der Waals surface area contributed by atoms with E-state index < -0.39 is 23.1 Å². The fourth-order valence-electron chi connectivity index (χ4n) is 1.20. The molecule has 1 rings (SSSR count). The Bertz CT molecular complexity index is 450. The van der Waals surface area contributed by atoms with E-state index in [-0.39, 0.29) is 12.0 Å². The van der Waals surface area contributed by atoms with Gasteiger partial charge in [0.2, 0.25) is 5.82 Å². The number of ether oxygens (including phenoxy) is 1. The van der Waals surface area contributed by atoms with Gasteiger partial charge in [0.05, 0.1) is 0 Å². The van der Waals surface area contributed by atoms with E-state index in [1.807, 2.05) is 13.8 Å². The standard InChI is InChI=1S/C11H10F2O3.C2H6/c1-6(2)3-7-4-8(12)10(15)9(13)11(7)16-5-14;1-2/h3-5,15H,1-2H3;1-2H3. The van der Waals surface area contributed by atoms with Crippen molar-refractivity contribution < 1.29 is 23.4 Å². The van der Waals surface area contributed by atoms with Crippen LogP contribution in [0.2, 0.25) is 0 Å². The van der Waals surface area contributed by atoms with Crippen molar-refractivity contribution in [1.29, 1.82) is 0 Å². The average molecular weight is 258 g/mol. The summed E-state index contributed by atoms with van der Waals surface area (Å²) in [6.45, 7) is 7.44. The lowest BCUT2D eigenvalue weighted by Gasteiger charge is -2.07. The molecular weight excluding hydrogens is 242 g/mol. The highest BCUT2D eigenvalue weighted by atomic mass is 19.1. The Kier molecular flexibility index (Phi) is 6.63. The molecule has 0 saturated carbocycles. The monoisotopic (exact) mass is 258 g/mol. The Morgan fingerprint density at radius 2 is 1.89 bits per heavy atom. The van der Waals surface area contributed by atoms with Gasteiger partial charge in [0.15, 0.2) is 17.3 Å². The molecule has 0 amide bonds. The molecule has 0 aliphatic rings. The lowest BCUT2D eigenvalue weighted by atomic mass is 10.1. The number of carbonyl (C=O) groups excluding carboxylic acids is 1. The van der Waals surface area contributed by atoms with Gasteiger partial charge in [0, 0.05) is 5.56 Å². The first kappa shape index (κ1) is 16.1. The number of phenols is 1. The second kappa shape index (κ2) is 7.42. The molecule has 0 aliphatic heterocycles. The molecule has 0 aromatic heterocycles. The number of aromatic hydroxyl groups is 1. The van der Waals surface area contributed by atoms with Gasteiger partial charge in [0.25, 0.3) is 6.47 Å². The molecule has 0 heterocycles. The van der Waals surface area contributed by atoms with Crippen molar-refractivity contribution in [3.63, 3.8) is 0 Å². The van der Waals surface area contributed by atoms with E-state index in [0.717, 1.165) is 11.6 Å². The minimum Gasteiger partial charge on any atom is -0.503 e. The number of phenolic OH excluding ortho intramolecular Hbond substituents is 1. The van der Waals surface area contributed by atoms with Crippen LogP contribution in [0.15, 0.2) is 11.6 Å². The number of rotatable bonds is 3. The predicted octanol–water partition coefficient (Wildman–Crippen LogP) is 3.66. The smallest absolute Gasteiger partial charge is 0.298 e. The second-order valence-corrected chi connectivity index (χ2v) is 3.38. The predicted molar refractivity (Wildman–Crippen MR) is 65.4 cm³/mol. The van der Waals surface area contributed by atoms with E-state index in [1.54, 1.807) is 13.8 Å². The van der Waals surface area contributed by atoms with Crippen molar-refractivity contribution in [1.82, 2.24) is 0 Å². The number of carbonyl (C=O) groups is 1. The highest BCUT2D eigenvalue weighted by molar-refractivity contribution is 5.64. The van der Waals surface area contributed by atoms with E-state index in [9.17, 15) is 13.6 Å². The lowest BCUT2D eigenvalue weighted by Crippen LogP contribution is -1.97. The molecule has 0 aliphatic carbocycles. The number of allylic oxidation sites excluding steroid dienone is 1. The number of benzene rings is 1. The fourth-order valence-corrected chi connectivity index (χ4v) is 1.20. The van der Waals surface area contributed by atoms with E-state index in [4.69, 9.17) is 5.11 Å². The van der Waals surface area contributed by atoms with Crippen molar-refractivity contribution in [2.24, 2.45) is 0 Å². The number of halogens is 2. The molecule has 0 radical (unpaired) electrons. The maximum Gasteiger partial charge on any atom is 0.298 e. The lowest BCUT2D eigenvalue weighted by molar-refractivity contribution is -0.120. The summed E-state index contributed by atoms with van der Waals surface area (Å²) in [5.74, 6) is -4.05. The molecule has 0 saturated heterocycles. The fraction of sp³-hybridized carbons (Fsp3) is 0.308. The van der Waals surface area contributed by atoms with Gasteiger partial charge >= 0.3 is 0 Å². The molecule has 1 N–H and O–H groups in total. The van der Waals surface area contributed by atoms with Crippen LogP contribution in [0.4, 0.5) is 8.78 Å². The zero-order valence-corrected chi connectivity index (χ0v) is 10.8. The molecular formula is C13H16F2O3. The van der Waals surface area contributed by atoms with Crippen LogP contribution in [0.25, 0.3) is 6.08 Å². The maximum absolute atomic E-state index is 13.4. The molecule has 1 aromatic rings. The quantitative estimate of drug-likeness (QED) is 0.842. The van der Waals surface area contributed by atoms with Crippen LogP contribution in [0, 0.1) is 11.6 Å². The van der Waals surface area contributed by atoms with Crippen LogP contribution < -0.4 is 4.74 Å². The van der Waals surface area contributed by atoms with E-state index in [0.29, 0.717) is 0 Å². The SMILES string of the molecule is CC.CC(C)=Cc1cc(F)c(O)c(F)c1OC=O. The maximum atomic E-state index is 13.4. The van der Waals surface area contributed by atoms with Crippen LogP contribution in [0.1, 0.15) is 33.3 Å². The molecule has 0 atom stereocenters. The first-order valence-electron chi connectivity index (χ1n) is 5.43. The Balaban J connectivity index is 0.00000137. The zero-order valence-electron chi connectivity index (χ0n) is 10.8. The molecule has 0 unspecified atom stereocenters. The Morgan fingerprint density at radius 1 is 1.33 bits per heavy atom. The third-order valence-electron chi connectivity index (χ3n) is 1.79. The van der Waals surface area contributed by atoms with Gasteiger partial charge in [-0.05, 0) is 19.9 Å². The van der Waals surface area contributed by atoms with Crippen LogP contribution >= 0.6 is 0 Å². The molecule has 18 heavy (non-hydrogen) atoms. The summed E-state index contributed by atoms with van der Waals surface area (Å²) >= 11 is 0. The van der Waals surface area contributed by atoms with E-state index in [1.165, 1.54) is 6.08 Å². The number of hydrogen-bond acceptors (Lipinski definition) is 3. The van der Waals surface area contributed by atoms with E-state index in [2.05, 4.69) is 4.74 Å². The summed E-state index contributed by atoms with van der Waals surface area (Å²) in [6.07, 6.45) is 1.43. The molecule has 0 bridgehead atoms. The third-order valence-corrected chi connectivity index (χ3v) is 1.79. The summed E-state index contributed by atoms with van der Waals surface area (Å²) < 4.78 is 30.8. The van der Waals surface area contributed by atoms with Gasteiger partial charge in [-0.3, -0.25) is 4.79 Å². The molecule has 0 fully saturated rings. The summed E-state index contributed by atoms with van der Waals surface area (Å²) in [7, 11) is 0. The van der Waals surface area contributed by atoms with Gasteiger partial charge in [-0.2, -0.15) is 4.39 Å². The highest BCUT2D eigenvalue weighted by Gasteiger charge is 2.18. The minimum atomic E-state index is -1.29. The Labute approximate surface area is 105 Å². The Hall–Kier alpha value is -1.91. The van der Waals surface area contributed by atoms with Gasteiger partial charge in [-0.1, -0.05) is 25.5 Å². The van der Waals surface area contributed by atoms with Crippen LogP contribution in [-0.4, -0.2) is 11.6 Å². The van der Waals surface area contributed by atoms with E-state index >= 15 is 0 Å². The Morgan fingerprint density at radius 3 is 2.33 bits per heavy atom. The third kappa shape index (κ3) is 3.84. The topological polar surface area (TPSA) is 46.5 Å². The zero-order chi connectivity index (χ0) is 14.3. The van der Waals surface area contributed by atoms with Crippen LogP contribution in [0.5, 0.6) is 11.5 Å². The van der Waals surface area contributed by atoms with Crippen molar-refractivity contribution in [3.05, 3.63) is 28.8 Å². The van der Waals surface area contributed by atoms with Gasteiger partial charge in [-0.15, -0.1) is 0 Å². The first-order valence-corrected chi connectivity index (χ1v) is 5.43. The summed E-state index contributed by atoms with van der Waals surface area (Å²) in [4.78, 5) is 10.2. The highest BCUT2D eigenvalue weighted by Crippen LogP contribution is 2.33. The summed E-state index contributed by atoms with van der Waals surface area (Å²) in [5, 5.41) is 9.01. The normalized spacial score (nSPS) is 9.00. The van der Waals surface area contributed by atoms with Gasteiger partial charge < -0.3 is 9.84 Å². The van der Waals surface area contributed by atoms with Crippen molar-refractivity contribution in [2.45, 2.75) is 27.7 Å². The number of hydrogen-bond donors (Lipinski definition) is 1. The first-order chi connectivity index (χ1) is 8.47. The second-order valence-electron chi connectivity index (χ2n) is 3.38. The van der Waals surface area contributed by atoms with Crippen molar-refractivity contribution >= 4 is 12.5 Å². The van der Waals surface area contributed by atoms with Crippen LogP contribution in [0.3, 0.4) is 0 Å². The van der Waals surface area contributed by atoms with Crippen LogP contribution in [-0.2, 0) is 4.79 Å². The minimum absolute atomic E-state index is 0.0120. The average Bonchev–Trinajstić information content (AvgIpc) is 2.33. The van der Waals surface area contributed by atoms with Crippen molar-refractivity contribution in [3.8, 4) is 11.5 Å². The van der Waals surface area contributed by atoms with Gasteiger partial charge in [0.1, 0.15) is 0 Å². The molecule has 3 nitrogen and oxygen atoms in total. The summed E-state index contributed by atoms with van der Waals surface area (Å²) in [5.41, 5.74) is 0.820. The largest absolute Gasteiger partial charge is 0.503 e. The van der Waals surface area contributed by atoms with Crippen molar-refractivity contribution in [2.75, 3.05) is 0 Å². The molecule has 5 heteroatoms. The van der Waals surface area contributed by atoms with Gasteiger partial charge in [-0.25, -0.2) is 4.39 Å². The molecule has 1 aromatic carbocycles. The summed E-state index contributed by atoms with van der Waals surface area (Å²) in [6, 6.07) is 0.893. The molecule has 0 spiro atoms.